The number of carbonyl (C=O) groups excluding carboxylic acids is 1. The quantitative estimate of drug-likeness (QED) is 0.524. The SMILES string of the molecule is Cn1cc(-c2cnc3ncn(C4CCN(C(=O)c5ccnn5C)CC4)c3n2)cn1. The van der Waals surface area contributed by atoms with E-state index >= 15 is 0 Å². The van der Waals surface area contributed by atoms with E-state index in [9.17, 15) is 4.79 Å². The Morgan fingerprint density at radius 3 is 2.62 bits per heavy atom. The van der Waals surface area contributed by atoms with Gasteiger partial charge in [-0.1, -0.05) is 0 Å². The van der Waals surface area contributed by atoms with E-state index in [1.54, 1.807) is 47.4 Å². The Balaban J connectivity index is 1.36. The van der Waals surface area contributed by atoms with Gasteiger partial charge in [0.05, 0.1) is 24.4 Å². The molecule has 0 atom stereocenters. The zero-order valence-corrected chi connectivity index (χ0v) is 16.3. The summed E-state index contributed by atoms with van der Waals surface area (Å²) in [6.45, 7) is 1.37. The first-order valence-corrected chi connectivity index (χ1v) is 9.56. The first kappa shape index (κ1) is 17.5. The molecule has 0 saturated carbocycles. The number of aromatic nitrogens is 8. The van der Waals surface area contributed by atoms with Crippen LogP contribution < -0.4 is 0 Å². The molecule has 0 unspecified atom stereocenters. The van der Waals surface area contributed by atoms with E-state index in [0.29, 0.717) is 24.4 Å². The van der Waals surface area contributed by atoms with Crippen molar-refractivity contribution >= 4 is 17.2 Å². The molecule has 1 saturated heterocycles. The minimum Gasteiger partial charge on any atom is -0.337 e. The Hall–Kier alpha value is -3.56. The summed E-state index contributed by atoms with van der Waals surface area (Å²) < 4.78 is 5.45. The van der Waals surface area contributed by atoms with E-state index < -0.39 is 0 Å². The van der Waals surface area contributed by atoms with Crippen LogP contribution in [0.5, 0.6) is 0 Å². The monoisotopic (exact) mass is 391 g/mol. The number of amides is 1. The Kier molecular flexibility index (Phi) is 4.11. The van der Waals surface area contributed by atoms with Crippen molar-refractivity contribution in [3.8, 4) is 11.3 Å². The summed E-state index contributed by atoms with van der Waals surface area (Å²) in [6, 6.07) is 1.99. The summed E-state index contributed by atoms with van der Waals surface area (Å²) >= 11 is 0. The molecule has 10 nitrogen and oxygen atoms in total. The molecule has 0 spiro atoms. The molecule has 1 aliphatic heterocycles. The van der Waals surface area contributed by atoms with E-state index in [1.807, 2.05) is 18.1 Å². The largest absolute Gasteiger partial charge is 0.337 e. The second-order valence-corrected chi connectivity index (χ2v) is 7.32. The summed E-state index contributed by atoms with van der Waals surface area (Å²) in [5, 5.41) is 8.30. The highest BCUT2D eigenvalue weighted by Gasteiger charge is 2.27. The maximum atomic E-state index is 12.7. The van der Waals surface area contributed by atoms with Crippen LogP contribution in [0.1, 0.15) is 29.4 Å². The van der Waals surface area contributed by atoms with Crippen LogP contribution in [-0.2, 0) is 14.1 Å². The van der Waals surface area contributed by atoms with Crippen molar-refractivity contribution < 1.29 is 4.79 Å². The van der Waals surface area contributed by atoms with Crippen LogP contribution in [-0.4, -0.2) is 63.0 Å². The zero-order chi connectivity index (χ0) is 20.0. The first-order chi connectivity index (χ1) is 14.1. The Morgan fingerprint density at radius 2 is 1.93 bits per heavy atom. The smallest absolute Gasteiger partial charge is 0.272 e. The molecule has 0 bridgehead atoms. The zero-order valence-electron chi connectivity index (χ0n) is 16.3. The molecular formula is C19H21N9O. The molecular weight excluding hydrogens is 370 g/mol. The summed E-state index contributed by atoms with van der Waals surface area (Å²) in [6.07, 6.45) is 10.6. The van der Waals surface area contributed by atoms with Crippen LogP contribution in [0.3, 0.4) is 0 Å². The van der Waals surface area contributed by atoms with Crippen LogP contribution in [0.15, 0.2) is 37.2 Å². The van der Waals surface area contributed by atoms with Crippen molar-refractivity contribution in [3.05, 3.63) is 42.9 Å². The standard InChI is InChI=1S/C19H21N9O/c1-25-11-13(9-23-25)15-10-20-17-18(24-15)28(12-21-17)14-4-7-27(8-5-14)19(29)16-3-6-22-26(16)2/h3,6,9-12,14H,4-5,7-8H2,1-2H3. The third kappa shape index (κ3) is 3.06. The minimum atomic E-state index is 0.0256. The second kappa shape index (κ2) is 6.80. The van der Waals surface area contributed by atoms with Gasteiger partial charge in [0.1, 0.15) is 5.69 Å². The molecule has 148 valence electrons. The number of piperidine rings is 1. The lowest BCUT2D eigenvalue weighted by atomic mass is 10.0. The molecule has 1 fully saturated rings. The van der Waals surface area contributed by atoms with Crippen molar-refractivity contribution in [2.24, 2.45) is 14.1 Å². The van der Waals surface area contributed by atoms with E-state index in [2.05, 4.69) is 24.7 Å². The number of hydrogen-bond donors (Lipinski definition) is 0. The van der Waals surface area contributed by atoms with Gasteiger partial charge in [0, 0.05) is 51.2 Å². The number of imidazole rings is 1. The minimum absolute atomic E-state index is 0.0256. The van der Waals surface area contributed by atoms with E-state index in [1.165, 1.54) is 0 Å². The molecule has 0 aliphatic carbocycles. The van der Waals surface area contributed by atoms with Crippen LogP contribution >= 0.6 is 0 Å². The highest BCUT2D eigenvalue weighted by Crippen LogP contribution is 2.27. The van der Waals surface area contributed by atoms with Gasteiger partial charge in [-0.3, -0.25) is 14.2 Å². The van der Waals surface area contributed by atoms with Gasteiger partial charge >= 0.3 is 0 Å². The molecule has 4 aromatic rings. The lowest BCUT2D eigenvalue weighted by Gasteiger charge is -2.32. The van der Waals surface area contributed by atoms with Gasteiger partial charge in [0.2, 0.25) is 0 Å². The molecule has 4 aromatic heterocycles. The van der Waals surface area contributed by atoms with Crippen LogP contribution in [0.4, 0.5) is 0 Å². The van der Waals surface area contributed by atoms with Crippen molar-refractivity contribution in [3.63, 3.8) is 0 Å². The third-order valence-corrected chi connectivity index (χ3v) is 5.47. The Bertz CT molecular complexity index is 1180. The highest BCUT2D eigenvalue weighted by molar-refractivity contribution is 5.92. The summed E-state index contributed by atoms with van der Waals surface area (Å²) in [5.41, 5.74) is 3.71. The number of carbonyl (C=O) groups is 1. The molecule has 1 aliphatic rings. The van der Waals surface area contributed by atoms with Gasteiger partial charge in [-0.2, -0.15) is 10.2 Å². The van der Waals surface area contributed by atoms with Crippen molar-refractivity contribution in [2.75, 3.05) is 13.1 Å². The van der Waals surface area contributed by atoms with Crippen molar-refractivity contribution in [2.45, 2.75) is 18.9 Å². The summed E-state index contributed by atoms with van der Waals surface area (Å²) in [5.74, 6) is 0.0256. The number of hydrogen-bond acceptors (Lipinski definition) is 6. The summed E-state index contributed by atoms with van der Waals surface area (Å²) in [7, 11) is 3.66. The maximum absolute atomic E-state index is 12.7. The molecule has 10 heteroatoms. The lowest BCUT2D eigenvalue weighted by Crippen LogP contribution is -2.39. The van der Waals surface area contributed by atoms with Gasteiger partial charge in [0.25, 0.3) is 5.91 Å². The fourth-order valence-corrected chi connectivity index (χ4v) is 3.86. The number of rotatable bonds is 3. The second-order valence-electron chi connectivity index (χ2n) is 7.32. The van der Waals surface area contributed by atoms with Crippen molar-refractivity contribution in [1.82, 2.24) is 44.0 Å². The highest BCUT2D eigenvalue weighted by atomic mass is 16.2. The fraction of sp³-hybridized carbons (Fsp3) is 0.368. The molecule has 5 rings (SSSR count). The molecule has 0 radical (unpaired) electrons. The molecule has 29 heavy (non-hydrogen) atoms. The van der Waals surface area contributed by atoms with Crippen molar-refractivity contribution in [1.29, 1.82) is 0 Å². The topological polar surface area (TPSA) is 99.6 Å². The van der Waals surface area contributed by atoms with E-state index in [0.717, 1.165) is 29.7 Å². The average Bonchev–Trinajstić information content (AvgIpc) is 3.46. The Labute approximate surface area is 166 Å². The molecule has 0 N–H and O–H groups in total. The summed E-state index contributed by atoms with van der Waals surface area (Å²) in [4.78, 5) is 28.3. The van der Waals surface area contributed by atoms with Crippen LogP contribution in [0.25, 0.3) is 22.6 Å². The van der Waals surface area contributed by atoms with Crippen LogP contribution in [0.2, 0.25) is 0 Å². The third-order valence-electron chi connectivity index (χ3n) is 5.47. The van der Waals surface area contributed by atoms with Gasteiger partial charge < -0.3 is 9.47 Å². The number of fused-ring (bicyclic) bond motifs is 1. The Morgan fingerprint density at radius 1 is 1.10 bits per heavy atom. The predicted octanol–water partition coefficient (Wildman–Crippen LogP) is 1.44. The maximum Gasteiger partial charge on any atom is 0.272 e. The van der Waals surface area contributed by atoms with Gasteiger partial charge in [-0.15, -0.1) is 0 Å². The molecule has 1 amide bonds. The number of aryl methyl sites for hydroxylation is 2. The van der Waals surface area contributed by atoms with Crippen LogP contribution in [0, 0.1) is 0 Å². The van der Waals surface area contributed by atoms with E-state index in [-0.39, 0.29) is 11.9 Å². The van der Waals surface area contributed by atoms with Gasteiger partial charge in [-0.25, -0.2) is 15.0 Å². The molecule has 5 heterocycles. The van der Waals surface area contributed by atoms with E-state index in [4.69, 9.17) is 4.98 Å². The number of nitrogens with zero attached hydrogens (tertiary/aromatic N) is 9. The van der Waals surface area contributed by atoms with Gasteiger partial charge in [-0.05, 0) is 18.9 Å². The number of likely N-dealkylation sites (tertiary alicyclic amines) is 1. The average molecular weight is 391 g/mol. The normalized spacial score (nSPS) is 15.3. The molecule has 0 aromatic carbocycles. The van der Waals surface area contributed by atoms with Gasteiger partial charge in [0.15, 0.2) is 11.3 Å². The lowest BCUT2D eigenvalue weighted by molar-refractivity contribution is 0.0684. The predicted molar refractivity (Wildman–Crippen MR) is 105 cm³/mol. The fourth-order valence-electron chi connectivity index (χ4n) is 3.86. The first-order valence-electron chi connectivity index (χ1n) is 9.56.